The third-order valence-electron chi connectivity index (χ3n) is 5.29. The minimum absolute atomic E-state index is 0. The van der Waals surface area contributed by atoms with Crippen LogP contribution in [0.5, 0.6) is 11.5 Å². The van der Waals surface area contributed by atoms with Gasteiger partial charge in [-0.05, 0) is 61.2 Å². The van der Waals surface area contributed by atoms with E-state index in [2.05, 4.69) is 34.6 Å². The third kappa shape index (κ3) is 6.27. The van der Waals surface area contributed by atoms with Gasteiger partial charge in [0.1, 0.15) is 0 Å². The number of amides is 1. The number of carbonyl (C=O) groups is 1. The van der Waals surface area contributed by atoms with Crippen molar-refractivity contribution in [2.75, 3.05) is 33.9 Å². The first-order valence-electron chi connectivity index (χ1n) is 10.7. The molecule has 0 aliphatic carbocycles. The highest BCUT2D eigenvalue weighted by molar-refractivity contribution is 14.0. The van der Waals surface area contributed by atoms with Gasteiger partial charge in [-0.1, -0.05) is 12.1 Å². The van der Waals surface area contributed by atoms with Crippen LogP contribution in [-0.4, -0.2) is 50.6 Å². The van der Waals surface area contributed by atoms with Crippen molar-refractivity contribution < 1.29 is 14.3 Å². The maximum atomic E-state index is 12.1. The van der Waals surface area contributed by atoms with Gasteiger partial charge < -0.3 is 25.0 Å². The molecule has 32 heavy (non-hydrogen) atoms. The maximum Gasteiger partial charge on any atom is 0.251 e. The van der Waals surface area contributed by atoms with E-state index in [9.17, 15) is 4.79 Å². The molecule has 1 heterocycles. The fourth-order valence-electron chi connectivity index (χ4n) is 3.73. The van der Waals surface area contributed by atoms with E-state index < -0.39 is 0 Å². The second-order valence-corrected chi connectivity index (χ2v) is 7.38. The maximum absolute atomic E-state index is 12.1. The summed E-state index contributed by atoms with van der Waals surface area (Å²) in [4.78, 5) is 19.2. The number of nitrogens with one attached hydrogen (secondary N) is 2. The highest BCUT2D eigenvalue weighted by Gasteiger charge is 2.21. The number of ether oxygens (including phenoxy) is 2. The van der Waals surface area contributed by atoms with Crippen molar-refractivity contribution in [3.8, 4) is 11.5 Å². The summed E-state index contributed by atoms with van der Waals surface area (Å²) in [6.45, 7) is 7.50. The lowest BCUT2D eigenvalue weighted by molar-refractivity contribution is 0.0955. The number of aliphatic imine (C=N–C) groups is 1. The topological polar surface area (TPSA) is 75.2 Å². The minimum atomic E-state index is -0.0581. The van der Waals surface area contributed by atoms with Crippen molar-refractivity contribution in [1.82, 2.24) is 15.5 Å². The number of carbonyl (C=O) groups excluding carboxylic acids is 1. The lowest BCUT2D eigenvalue weighted by Gasteiger charge is -2.32. The Balaban J connectivity index is 0.00000363. The van der Waals surface area contributed by atoms with Gasteiger partial charge in [-0.2, -0.15) is 0 Å². The van der Waals surface area contributed by atoms with Gasteiger partial charge in [0.15, 0.2) is 17.5 Å². The Morgan fingerprint density at radius 2 is 1.72 bits per heavy atom. The average molecular weight is 552 g/mol. The number of halogens is 1. The molecule has 7 nitrogen and oxygen atoms in total. The lowest BCUT2D eigenvalue weighted by atomic mass is 9.99. The summed E-state index contributed by atoms with van der Waals surface area (Å²) in [5.41, 5.74) is 4.16. The number of nitrogens with zero attached hydrogens (tertiary/aromatic N) is 2. The van der Waals surface area contributed by atoms with Crippen LogP contribution in [0.1, 0.15) is 40.9 Å². The molecule has 0 radical (unpaired) electrons. The van der Waals surface area contributed by atoms with Gasteiger partial charge in [0, 0.05) is 31.7 Å². The van der Waals surface area contributed by atoms with E-state index in [1.165, 1.54) is 11.1 Å². The smallest absolute Gasteiger partial charge is 0.251 e. The standard InChI is InChI=1S/C24H32N4O3.HI/c1-5-25-23(29)19-9-7-8-17(12-19)15-27-24(26-6-2)28-11-10-18-13-21(30-3)22(31-4)14-20(18)16-28;/h7-9,12-14H,5-6,10-11,15-16H2,1-4H3,(H,25,29)(H,26,27);1H. The van der Waals surface area contributed by atoms with Crippen LogP contribution in [0.4, 0.5) is 0 Å². The average Bonchev–Trinajstić information content (AvgIpc) is 2.80. The first kappa shape index (κ1) is 25.8. The normalized spacial score (nSPS) is 13.0. The highest BCUT2D eigenvalue weighted by Crippen LogP contribution is 2.33. The Morgan fingerprint density at radius 3 is 2.38 bits per heavy atom. The molecule has 0 saturated carbocycles. The summed E-state index contributed by atoms with van der Waals surface area (Å²) < 4.78 is 10.9. The summed E-state index contributed by atoms with van der Waals surface area (Å²) in [6.07, 6.45) is 0.910. The fourth-order valence-corrected chi connectivity index (χ4v) is 3.73. The van der Waals surface area contributed by atoms with Crippen molar-refractivity contribution in [1.29, 1.82) is 0 Å². The fraction of sp³-hybridized carbons (Fsp3) is 0.417. The van der Waals surface area contributed by atoms with Crippen molar-refractivity contribution in [2.45, 2.75) is 33.4 Å². The third-order valence-corrected chi connectivity index (χ3v) is 5.29. The Hall–Kier alpha value is -2.49. The molecule has 0 spiro atoms. The summed E-state index contributed by atoms with van der Waals surface area (Å²) in [6, 6.07) is 11.8. The zero-order valence-electron chi connectivity index (χ0n) is 19.2. The first-order valence-corrected chi connectivity index (χ1v) is 10.7. The van der Waals surface area contributed by atoms with Gasteiger partial charge in [-0.15, -0.1) is 24.0 Å². The molecular formula is C24H33IN4O3. The van der Waals surface area contributed by atoms with Gasteiger partial charge in [0.25, 0.3) is 5.91 Å². The molecule has 0 aromatic heterocycles. The second-order valence-electron chi connectivity index (χ2n) is 7.38. The van der Waals surface area contributed by atoms with Gasteiger partial charge in [0.05, 0.1) is 20.8 Å². The van der Waals surface area contributed by atoms with Crippen molar-refractivity contribution in [3.63, 3.8) is 0 Å². The molecule has 0 saturated heterocycles. The molecule has 1 aliphatic heterocycles. The number of benzene rings is 2. The number of methoxy groups -OCH3 is 2. The van der Waals surface area contributed by atoms with Crippen molar-refractivity contribution >= 4 is 35.8 Å². The van der Waals surface area contributed by atoms with E-state index in [1.807, 2.05) is 31.2 Å². The number of hydrogen-bond donors (Lipinski definition) is 2. The molecule has 0 atom stereocenters. The molecule has 0 bridgehead atoms. The van der Waals surface area contributed by atoms with Gasteiger partial charge in [-0.3, -0.25) is 4.79 Å². The van der Waals surface area contributed by atoms with Crippen LogP contribution in [0, 0.1) is 0 Å². The predicted molar refractivity (Wildman–Crippen MR) is 138 cm³/mol. The van der Waals surface area contributed by atoms with E-state index >= 15 is 0 Å². The molecule has 0 unspecified atom stereocenters. The Bertz CT molecular complexity index is 949. The van der Waals surface area contributed by atoms with Crippen LogP contribution in [-0.2, 0) is 19.5 Å². The predicted octanol–water partition coefficient (Wildman–Crippen LogP) is 3.60. The zero-order chi connectivity index (χ0) is 22.2. The molecule has 8 heteroatoms. The molecule has 174 valence electrons. The van der Waals surface area contributed by atoms with Gasteiger partial charge >= 0.3 is 0 Å². The summed E-state index contributed by atoms with van der Waals surface area (Å²) >= 11 is 0. The Kier molecular flexibility index (Phi) is 10.1. The molecule has 2 aromatic carbocycles. The summed E-state index contributed by atoms with van der Waals surface area (Å²) in [5, 5.41) is 6.24. The van der Waals surface area contributed by atoms with E-state index in [4.69, 9.17) is 14.5 Å². The van der Waals surface area contributed by atoms with Crippen LogP contribution >= 0.6 is 24.0 Å². The Labute approximate surface area is 207 Å². The quantitative estimate of drug-likeness (QED) is 0.312. The number of guanidine groups is 1. The van der Waals surface area contributed by atoms with Crippen LogP contribution in [0.15, 0.2) is 41.4 Å². The second kappa shape index (κ2) is 12.5. The molecule has 2 N–H and O–H groups in total. The van der Waals surface area contributed by atoms with E-state index in [1.54, 1.807) is 14.2 Å². The Morgan fingerprint density at radius 1 is 1.03 bits per heavy atom. The van der Waals surface area contributed by atoms with Crippen LogP contribution in [0.2, 0.25) is 0 Å². The van der Waals surface area contributed by atoms with Crippen LogP contribution in [0.25, 0.3) is 0 Å². The minimum Gasteiger partial charge on any atom is -0.493 e. The highest BCUT2D eigenvalue weighted by atomic mass is 127. The number of rotatable bonds is 7. The van der Waals surface area contributed by atoms with Gasteiger partial charge in [0.2, 0.25) is 0 Å². The summed E-state index contributed by atoms with van der Waals surface area (Å²) in [5.74, 6) is 2.32. The first-order chi connectivity index (χ1) is 15.1. The van der Waals surface area contributed by atoms with Gasteiger partial charge in [-0.25, -0.2) is 4.99 Å². The monoisotopic (exact) mass is 552 g/mol. The van der Waals surface area contributed by atoms with Crippen LogP contribution in [0.3, 0.4) is 0 Å². The molecular weight excluding hydrogens is 519 g/mol. The van der Waals surface area contributed by atoms with E-state index in [0.717, 1.165) is 49.1 Å². The SMILES string of the molecule is CCNC(=O)c1cccc(CN=C(NCC)N2CCc3cc(OC)c(OC)cc3C2)c1.I. The number of fused-ring (bicyclic) bond motifs is 1. The molecule has 1 aliphatic rings. The number of hydrogen-bond acceptors (Lipinski definition) is 4. The lowest BCUT2D eigenvalue weighted by Crippen LogP contribution is -2.44. The molecule has 1 amide bonds. The molecule has 0 fully saturated rings. The largest absolute Gasteiger partial charge is 0.493 e. The molecule has 3 rings (SSSR count). The van der Waals surface area contributed by atoms with E-state index in [-0.39, 0.29) is 29.9 Å². The van der Waals surface area contributed by atoms with E-state index in [0.29, 0.717) is 18.7 Å². The van der Waals surface area contributed by atoms with Crippen molar-refractivity contribution in [2.24, 2.45) is 4.99 Å². The summed E-state index contributed by atoms with van der Waals surface area (Å²) in [7, 11) is 3.32. The molecule has 2 aromatic rings. The zero-order valence-corrected chi connectivity index (χ0v) is 21.6. The van der Waals surface area contributed by atoms with Crippen molar-refractivity contribution in [3.05, 3.63) is 58.7 Å². The van der Waals surface area contributed by atoms with Crippen LogP contribution < -0.4 is 20.1 Å².